The molecule has 0 saturated heterocycles. The average molecular weight is 428 g/mol. The van der Waals surface area contributed by atoms with Gasteiger partial charge in [0.25, 0.3) is 11.5 Å². The lowest BCUT2D eigenvalue weighted by Gasteiger charge is -2.33. The predicted octanol–water partition coefficient (Wildman–Crippen LogP) is 3.17. The maximum Gasteiger partial charge on any atom is 0.270 e. The molecule has 0 fully saturated rings. The lowest BCUT2D eigenvalue weighted by molar-refractivity contribution is 0.0333. The van der Waals surface area contributed by atoms with Crippen molar-refractivity contribution < 1.29 is 22.7 Å². The molecule has 5 rings (SSSR count). The van der Waals surface area contributed by atoms with Crippen LogP contribution in [-0.2, 0) is 11.3 Å². The van der Waals surface area contributed by atoms with E-state index in [9.17, 15) is 22.8 Å². The molecule has 0 spiro atoms. The first-order valence-corrected chi connectivity index (χ1v) is 9.36. The fourth-order valence-electron chi connectivity index (χ4n) is 4.00. The van der Waals surface area contributed by atoms with Crippen LogP contribution in [0.3, 0.4) is 0 Å². The summed E-state index contributed by atoms with van der Waals surface area (Å²) in [5.74, 6) is -3.33. The summed E-state index contributed by atoms with van der Waals surface area (Å²) in [4.78, 5) is 36.0. The van der Waals surface area contributed by atoms with E-state index >= 15 is 0 Å². The number of carbonyl (C=O) groups excluding carboxylic acids is 1. The van der Waals surface area contributed by atoms with E-state index in [0.717, 1.165) is 12.1 Å². The molecule has 0 aliphatic carbocycles. The van der Waals surface area contributed by atoms with Crippen molar-refractivity contribution in [3.8, 4) is 0 Å². The number of rotatable bonds is 2. The Morgan fingerprint density at radius 2 is 1.87 bits per heavy atom. The van der Waals surface area contributed by atoms with Crippen molar-refractivity contribution in [1.29, 1.82) is 0 Å². The van der Waals surface area contributed by atoms with Gasteiger partial charge in [-0.05, 0) is 23.6 Å². The van der Waals surface area contributed by atoms with Crippen LogP contribution in [0.4, 0.5) is 13.2 Å². The molecule has 158 valence electrons. The summed E-state index contributed by atoms with van der Waals surface area (Å²) < 4.78 is 46.7. The van der Waals surface area contributed by atoms with E-state index in [1.165, 1.54) is 30.3 Å². The Morgan fingerprint density at radius 1 is 1.13 bits per heavy atom. The Hall–Kier alpha value is -3.66. The van der Waals surface area contributed by atoms with E-state index in [0.29, 0.717) is 22.2 Å². The Kier molecular flexibility index (Phi) is 4.33. The smallest absolute Gasteiger partial charge is 0.270 e. The fourth-order valence-corrected chi connectivity index (χ4v) is 4.00. The van der Waals surface area contributed by atoms with Gasteiger partial charge in [-0.3, -0.25) is 9.59 Å². The van der Waals surface area contributed by atoms with E-state index in [1.807, 2.05) is 0 Å². The van der Waals surface area contributed by atoms with Crippen molar-refractivity contribution in [2.75, 3.05) is 13.7 Å². The summed E-state index contributed by atoms with van der Waals surface area (Å²) in [6, 6.07) is 3.84. The predicted molar refractivity (Wildman–Crippen MR) is 105 cm³/mol. The molecule has 1 aliphatic heterocycles. The molecular weight excluding hydrogens is 413 g/mol. The minimum absolute atomic E-state index is 0.0161. The van der Waals surface area contributed by atoms with Gasteiger partial charge in [-0.2, -0.15) is 4.39 Å². The van der Waals surface area contributed by atoms with Crippen LogP contribution in [0.2, 0.25) is 0 Å². The lowest BCUT2D eigenvalue weighted by atomic mass is 9.95. The van der Waals surface area contributed by atoms with Crippen LogP contribution in [0.5, 0.6) is 0 Å². The van der Waals surface area contributed by atoms with Crippen LogP contribution in [-0.4, -0.2) is 39.4 Å². The number of nitrogens with one attached hydrogen (secondary N) is 2. The highest BCUT2D eigenvalue weighted by atomic mass is 19.2. The molecule has 0 radical (unpaired) electrons. The number of fused-ring (bicyclic) bond motifs is 4. The molecule has 31 heavy (non-hydrogen) atoms. The standard InChI is InChI=1S/C21H15F3N4O3/c1-28(21(30)14-2-9-3-18(24)25-6-15(9)26-14)17-8-31-7-16-19(17)10-4-12(22)13(23)5-11(10)20(29)27-16/h2-6,17,26H,7-8H2,1H3,(H,27,29). The Morgan fingerprint density at radius 3 is 2.65 bits per heavy atom. The molecule has 1 atom stereocenters. The number of pyridine rings is 2. The summed E-state index contributed by atoms with van der Waals surface area (Å²) in [5, 5.41) is 0.683. The third-order valence-electron chi connectivity index (χ3n) is 5.53. The van der Waals surface area contributed by atoms with Gasteiger partial charge < -0.3 is 19.6 Å². The number of benzene rings is 1. The third-order valence-corrected chi connectivity index (χ3v) is 5.53. The molecule has 7 nitrogen and oxygen atoms in total. The van der Waals surface area contributed by atoms with Crippen LogP contribution in [0, 0.1) is 17.6 Å². The summed E-state index contributed by atoms with van der Waals surface area (Å²) in [5.41, 5.74) is 0.992. The van der Waals surface area contributed by atoms with Gasteiger partial charge in [-0.25, -0.2) is 13.8 Å². The Labute approximate surface area is 172 Å². The number of hydrogen-bond donors (Lipinski definition) is 2. The number of hydrogen-bond acceptors (Lipinski definition) is 4. The Balaban J connectivity index is 1.61. The molecule has 1 unspecified atom stereocenters. The van der Waals surface area contributed by atoms with Gasteiger partial charge in [0.15, 0.2) is 11.6 Å². The number of halogens is 3. The SMILES string of the molecule is CN(C(=O)c1cc2cc(F)ncc2[nH]1)C1COCc2[nH]c(=O)c3cc(F)c(F)cc3c21. The molecule has 0 saturated carbocycles. The number of amides is 1. The van der Waals surface area contributed by atoms with E-state index < -0.39 is 35.1 Å². The number of aromatic nitrogens is 3. The highest BCUT2D eigenvalue weighted by Crippen LogP contribution is 2.34. The maximum atomic E-state index is 14.0. The van der Waals surface area contributed by atoms with Crippen molar-refractivity contribution in [3.05, 3.63) is 75.3 Å². The quantitative estimate of drug-likeness (QED) is 0.480. The van der Waals surface area contributed by atoms with Crippen molar-refractivity contribution in [3.63, 3.8) is 0 Å². The number of nitrogens with zero attached hydrogens (tertiary/aromatic N) is 2. The van der Waals surface area contributed by atoms with E-state index in [1.54, 1.807) is 0 Å². The average Bonchev–Trinajstić information content (AvgIpc) is 3.17. The molecule has 4 heterocycles. The van der Waals surface area contributed by atoms with Gasteiger partial charge in [0.05, 0.1) is 36.4 Å². The number of ether oxygens (including phenoxy) is 1. The number of likely N-dealkylation sites (N-methyl/N-ethyl adjacent to an activating group) is 1. The molecule has 1 amide bonds. The molecule has 10 heteroatoms. The molecule has 2 N–H and O–H groups in total. The number of H-pyrrole nitrogens is 2. The Bertz CT molecular complexity index is 1430. The molecule has 1 aliphatic rings. The summed E-state index contributed by atoms with van der Waals surface area (Å²) in [7, 11) is 1.53. The highest BCUT2D eigenvalue weighted by molar-refractivity contribution is 5.98. The first-order valence-electron chi connectivity index (χ1n) is 9.36. The van der Waals surface area contributed by atoms with Crippen LogP contribution >= 0.6 is 0 Å². The second-order valence-corrected chi connectivity index (χ2v) is 7.38. The molecule has 0 bridgehead atoms. The second-order valence-electron chi connectivity index (χ2n) is 7.38. The van der Waals surface area contributed by atoms with Crippen LogP contribution in [0.1, 0.15) is 27.8 Å². The van der Waals surface area contributed by atoms with Crippen molar-refractivity contribution >= 4 is 27.6 Å². The van der Waals surface area contributed by atoms with Gasteiger partial charge in [0, 0.05) is 29.8 Å². The zero-order valence-electron chi connectivity index (χ0n) is 16.1. The second kappa shape index (κ2) is 6.95. The van der Waals surface area contributed by atoms with Crippen molar-refractivity contribution in [2.24, 2.45) is 0 Å². The van der Waals surface area contributed by atoms with Crippen LogP contribution < -0.4 is 5.56 Å². The zero-order valence-corrected chi connectivity index (χ0v) is 16.1. The number of aromatic amines is 2. The molecular formula is C21H15F3N4O3. The topological polar surface area (TPSA) is 91.1 Å². The van der Waals surface area contributed by atoms with Crippen molar-refractivity contribution in [1.82, 2.24) is 19.9 Å². The normalized spacial score (nSPS) is 15.9. The van der Waals surface area contributed by atoms with E-state index in [2.05, 4.69) is 15.0 Å². The fraction of sp³-hybridized carbons (Fsp3) is 0.190. The molecule has 1 aromatic carbocycles. The highest BCUT2D eigenvalue weighted by Gasteiger charge is 2.32. The number of carbonyl (C=O) groups is 1. The first-order chi connectivity index (χ1) is 14.8. The van der Waals surface area contributed by atoms with Gasteiger partial charge in [0.1, 0.15) is 5.69 Å². The molecule has 3 aromatic heterocycles. The van der Waals surface area contributed by atoms with Crippen molar-refractivity contribution in [2.45, 2.75) is 12.6 Å². The first kappa shape index (κ1) is 19.3. The minimum atomic E-state index is -1.13. The minimum Gasteiger partial charge on any atom is -0.373 e. The monoisotopic (exact) mass is 428 g/mol. The van der Waals surface area contributed by atoms with Gasteiger partial charge in [-0.15, -0.1) is 0 Å². The van der Waals surface area contributed by atoms with E-state index in [4.69, 9.17) is 4.74 Å². The van der Waals surface area contributed by atoms with Gasteiger partial charge in [0.2, 0.25) is 5.95 Å². The van der Waals surface area contributed by atoms with Crippen LogP contribution in [0.15, 0.2) is 35.3 Å². The molecule has 4 aromatic rings. The van der Waals surface area contributed by atoms with Gasteiger partial charge in [-0.1, -0.05) is 0 Å². The van der Waals surface area contributed by atoms with E-state index in [-0.39, 0.29) is 29.7 Å². The maximum absolute atomic E-state index is 14.0. The third kappa shape index (κ3) is 3.07. The zero-order chi connectivity index (χ0) is 21.9. The summed E-state index contributed by atoms with van der Waals surface area (Å²) >= 11 is 0. The summed E-state index contributed by atoms with van der Waals surface area (Å²) in [6.45, 7) is 0.154. The lowest BCUT2D eigenvalue weighted by Crippen LogP contribution is -2.37. The van der Waals surface area contributed by atoms with Crippen LogP contribution in [0.25, 0.3) is 21.7 Å². The van der Waals surface area contributed by atoms with Gasteiger partial charge >= 0.3 is 0 Å². The summed E-state index contributed by atoms with van der Waals surface area (Å²) in [6.07, 6.45) is 1.29. The largest absolute Gasteiger partial charge is 0.373 e.